The minimum atomic E-state index is -0.0139. The van der Waals surface area contributed by atoms with E-state index in [-0.39, 0.29) is 96.6 Å². The van der Waals surface area contributed by atoms with Crippen molar-refractivity contribution in [2.75, 3.05) is 19.8 Å². The third-order valence-electron chi connectivity index (χ3n) is 4.12. The SMILES string of the molecule is CC(C)(C)C[O-].CC(C)(C)C[O-].CC(C)(C)C[O-].Cc1cccc(C)c1[O-].Cc1cccc(C)c1[O-].[Ti+2].[Tl+3]. The monoisotopic (exact) mass is 756 g/mol. The van der Waals surface area contributed by atoms with Crippen LogP contribution in [0.1, 0.15) is 84.6 Å². The molecule has 2 aromatic carbocycles. The molecule has 0 aromatic heterocycles. The maximum Gasteiger partial charge on any atom is 3.00 e. The minimum absolute atomic E-state index is 0. The van der Waals surface area contributed by atoms with E-state index in [1.54, 1.807) is 0 Å². The first-order chi connectivity index (χ1) is 16.1. The fraction of sp³-hybridized carbons (Fsp3) is 0.613. The summed E-state index contributed by atoms with van der Waals surface area (Å²) < 4.78 is 0. The number of hydrogen-bond donors (Lipinski definition) is 0. The van der Waals surface area contributed by atoms with Gasteiger partial charge >= 0.3 is 49.0 Å². The number of para-hydroxylation sites is 2. The summed E-state index contributed by atoms with van der Waals surface area (Å²) >= 11 is 0. The molecule has 0 aliphatic carbocycles. The molecule has 0 amide bonds. The molecular formula is C31H51O5TiTl. The molecule has 0 spiro atoms. The van der Waals surface area contributed by atoms with Crippen molar-refractivity contribution < 1.29 is 47.3 Å². The molecule has 0 N–H and O–H groups in total. The molecule has 0 saturated carbocycles. The zero-order valence-electron chi connectivity index (χ0n) is 26.2. The Morgan fingerprint density at radius 3 is 0.684 bits per heavy atom. The van der Waals surface area contributed by atoms with Crippen molar-refractivity contribution in [2.45, 2.75) is 90.0 Å². The zero-order chi connectivity index (χ0) is 29.3. The van der Waals surface area contributed by atoms with Gasteiger partial charge in [0.2, 0.25) is 0 Å². The molecule has 5 nitrogen and oxygen atoms in total. The molecule has 212 valence electrons. The average molecular weight is 756 g/mol. The van der Waals surface area contributed by atoms with Crippen LogP contribution in [0, 0.1) is 43.9 Å². The van der Waals surface area contributed by atoms with Crippen molar-refractivity contribution >= 4 is 27.3 Å². The van der Waals surface area contributed by atoms with Gasteiger partial charge in [-0.1, -0.05) is 137 Å². The summed E-state index contributed by atoms with van der Waals surface area (Å²) in [7, 11) is 0. The van der Waals surface area contributed by atoms with E-state index in [1.807, 2.05) is 126 Å². The molecular weight excluding hydrogens is 705 g/mol. The van der Waals surface area contributed by atoms with E-state index in [9.17, 15) is 25.5 Å². The summed E-state index contributed by atoms with van der Waals surface area (Å²) in [6.45, 7) is 24.8. The Labute approximate surface area is 269 Å². The van der Waals surface area contributed by atoms with E-state index in [2.05, 4.69) is 0 Å². The number of rotatable bonds is 0. The van der Waals surface area contributed by atoms with Crippen LogP contribution in [-0.2, 0) is 21.7 Å². The van der Waals surface area contributed by atoms with E-state index in [4.69, 9.17) is 0 Å². The zero-order valence-corrected chi connectivity index (χ0v) is 32.3. The van der Waals surface area contributed by atoms with Crippen LogP contribution in [0.15, 0.2) is 36.4 Å². The Morgan fingerprint density at radius 1 is 0.474 bits per heavy atom. The van der Waals surface area contributed by atoms with E-state index in [1.165, 1.54) is 0 Å². The summed E-state index contributed by atoms with van der Waals surface area (Å²) in [6, 6.07) is 11.1. The topological polar surface area (TPSA) is 115 Å². The van der Waals surface area contributed by atoms with E-state index in [0.29, 0.717) is 0 Å². The normalized spacial score (nSPS) is 10.2. The van der Waals surface area contributed by atoms with Gasteiger partial charge < -0.3 is 25.5 Å². The van der Waals surface area contributed by atoms with Crippen LogP contribution in [0.3, 0.4) is 0 Å². The predicted octanol–water partition coefficient (Wildman–Crippen LogP) is 3.55. The maximum absolute atomic E-state index is 11.0. The van der Waals surface area contributed by atoms with E-state index >= 15 is 0 Å². The first kappa shape index (κ1) is 47.4. The first-order valence-corrected chi connectivity index (χ1v) is 12.3. The van der Waals surface area contributed by atoms with Crippen LogP contribution in [0.4, 0.5) is 0 Å². The standard InChI is InChI=1S/2C8H10O.3C5H11O.Ti.Tl/c2*1-6-4-3-5-7(2)8(6)9;3*1-5(2,3)4-6;;/h2*3-5,9H,1-2H3;3*4H2,1-3H3;;/q;;3*-1;+2;+3/p-2. The van der Waals surface area contributed by atoms with Gasteiger partial charge in [0.05, 0.1) is 0 Å². The number of benzene rings is 2. The summed E-state index contributed by atoms with van der Waals surface area (Å²) in [6.07, 6.45) is 0. The maximum atomic E-state index is 11.0. The quantitative estimate of drug-likeness (QED) is 0.382. The smallest absolute Gasteiger partial charge is 0.872 e. The van der Waals surface area contributed by atoms with Gasteiger partial charge in [-0.05, 0) is 27.7 Å². The van der Waals surface area contributed by atoms with Gasteiger partial charge in [0.15, 0.2) is 0 Å². The van der Waals surface area contributed by atoms with Crippen molar-refractivity contribution in [3.63, 3.8) is 0 Å². The summed E-state index contributed by atoms with van der Waals surface area (Å²) in [5, 5.41) is 51.8. The van der Waals surface area contributed by atoms with Gasteiger partial charge in [0, 0.05) is 0 Å². The Kier molecular flexibility index (Phi) is 29.0. The summed E-state index contributed by atoms with van der Waals surface area (Å²) in [5.41, 5.74) is 3.27. The molecule has 0 saturated heterocycles. The van der Waals surface area contributed by atoms with Crippen LogP contribution in [0.25, 0.3) is 0 Å². The van der Waals surface area contributed by atoms with E-state index < -0.39 is 0 Å². The molecule has 38 heavy (non-hydrogen) atoms. The van der Waals surface area contributed by atoms with Crippen LogP contribution in [0.5, 0.6) is 11.5 Å². The number of hydrogen-bond acceptors (Lipinski definition) is 5. The van der Waals surface area contributed by atoms with Crippen molar-refractivity contribution in [3.05, 3.63) is 58.7 Å². The first-order valence-electron chi connectivity index (χ1n) is 12.3. The van der Waals surface area contributed by atoms with Gasteiger partial charge in [-0.25, -0.2) is 0 Å². The van der Waals surface area contributed by atoms with Crippen molar-refractivity contribution in [2.24, 2.45) is 16.2 Å². The Bertz CT molecular complexity index is 712. The second-order valence-electron chi connectivity index (χ2n) is 12.6. The molecule has 0 fully saturated rings. The molecule has 0 aliphatic rings. The van der Waals surface area contributed by atoms with Gasteiger partial charge in [0.1, 0.15) is 0 Å². The summed E-state index contributed by atoms with van der Waals surface area (Å²) in [5.74, 6) is 0.329. The van der Waals surface area contributed by atoms with E-state index in [0.717, 1.165) is 22.3 Å². The van der Waals surface area contributed by atoms with Crippen molar-refractivity contribution in [3.8, 4) is 11.5 Å². The molecule has 0 bridgehead atoms. The molecule has 7 heteroatoms. The molecule has 2 aromatic rings. The number of aryl methyl sites for hydroxylation is 4. The van der Waals surface area contributed by atoms with Crippen molar-refractivity contribution in [1.82, 2.24) is 0 Å². The van der Waals surface area contributed by atoms with Crippen LogP contribution >= 0.6 is 0 Å². The van der Waals surface area contributed by atoms with Gasteiger partial charge in [-0.15, -0.1) is 31.3 Å². The second-order valence-corrected chi connectivity index (χ2v) is 12.6. The van der Waals surface area contributed by atoms with Crippen LogP contribution in [0.2, 0.25) is 0 Å². The average Bonchev–Trinajstić information content (AvgIpc) is 2.76. The third kappa shape index (κ3) is 31.8. The van der Waals surface area contributed by atoms with Crippen LogP contribution in [-0.4, -0.2) is 47.1 Å². The summed E-state index contributed by atoms with van der Waals surface area (Å²) in [4.78, 5) is 0. The third-order valence-corrected chi connectivity index (χ3v) is 4.12. The van der Waals surface area contributed by atoms with Crippen LogP contribution < -0.4 is 25.5 Å². The molecule has 0 aliphatic heterocycles. The Hall–Kier alpha value is -0.444. The minimum Gasteiger partial charge on any atom is -0.872 e. The molecule has 2 rings (SSSR count). The fourth-order valence-corrected chi connectivity index (χ4v) is 1.60. The van der Waals surface area contributed by atoms with Gasteiger partial charge in [-0.3, -0.25) is 0 Å². The largest absolute Gasteiger partial charge is 3.00 e. The second kappa shape index (κ2) is 23.3. The Balaban J connectivity index is -0.000000120. The molecule has 0 atom stereocenters. The fourth-order valence-electron chi connectivity index (χ4n) is 1.60. The predicted molar refractivity (Wildman–Crippen MR) is 149 cm³/mol. The molecule has 0 radical (unpaired) electrons. The molecule has 0 heterocycles. The van der Waals surface area contributed by atoms with Crippen molar-refractivity contribution in [1.29, 1.82) is 0 Å². The van der Waals surface area contributed by atoms with Gasteiger partial charge in [0.25, 0.3) is 0 Å². The molecule has 0 unspecified atom stereocenters. The van der Waals surface area contributed by atoms with Gasteiger partial charge in [-0.2, -0.15) is 0 Å². The Morgan fingerprint density at radius 2 is 0.605 bits per heavy atom.